The zero-order valence-electron chi connectivity index (χ0n) is 9.82. The fourth-order valence-electron chi connectivity index (χ4n) is 1.64. The summed E-state index contributed by atoms with van der Waals surface area (Å²) in [6.45, 7) is 0. The largest absolute Gasteiger partial charge is 0.508 e. The first-order valence-electron chi connectivity index (χ1n) is 5.56. The van der Waals surface area contributed by atoms with Crippen LogP contribution in [0.2, 0.25) is 0 Å². The van der Waals surface area contributed by atoms with E-state index >= 15 is 0 Å². The van der Waals surface area contributed by atoms with Crippen LogP contribution in [0.5, 0.6) is 5.75 Å². The molecule has 0 atom stereocenters. The lowest BCUT2D eigenvalue weighted by Crippen LogP contribution is -1.87. The van der Waals surface area contributed by atoms with Gasteiger partial charge in [-0.1, -0.05) is 5.16 Å². The molecular weight excluding hydrogens is 244 g/mol. The van der Waals surface area contributed by atoms with Gasteiger partial charge in [0.25, 0.3) is 5.89 Å². The quantitative estimate of drug-likeness (QED) is 0.726. The lowest BCUT2D eigenvalue weighted by Gasteiger charge is -1.95. The summed E-state index contributed by atoms with van der Waals surface area (Å²) < 4.78 is 5.17. The van der Waals surface area contributed by atoms with Crippen LogP contribution in [0.4, 0.5) is 5.69 Å². The number of benzene rings is 1. The molecule has 0 saturated carbocycles. The molecule has 0 radical (unpaired) electrons. The number of anilines is 1. The molecule has 3 rings (SSSR count). The second kappa shape index (κ2) is 4.41. The molecule has 3 N–H and O–H groups in total. The van der Waals surface area contributed by atoms with Gasteiger partial charge in [0.15, 0.2) is 0 Å². The number of hydrogen-bond donors (Lipinski definition) is 2. The van der Waals surface area contributed by atoms with Gasteiger partial charge in [0, 0.05) is 18.0 Å². The molecule has 0 fully saturated rings. The van der Waals surface area contributed by atoms with Gasteiger partial charge in [0.05, 0.1) is 11.3 Å². The highest BCUT2D eigenvalue weighted by molar-refractivity contribution is 5.61. The third kappa shape index (κ3) is 2.23. The predicted molar refractivity (Wildman–Crippen MR) is 69.0 cm³/mol. The van der Waals surface area contributed by atoms with Crippen LogP contribution < -0.4 is 5.73 Å². The van der Waals surface area contributed by atoms with Crippen molar-refractivity contribution in [3.05, 3.63) is 42.7 Å². The van der Waals surface area contributed by atoms with E-state index in [9.17, 15) is 5.11 Å². The molecule has 2 heterocycles. The minimum Gasteiger partial charge on any atom is -0.508 e. The van der Waals surface area contributed by atoms with E-state index in [1.807, 2.05) is 0 Å². The Morgan fingerprint density at radius 3 is 2.58 bits per heavy atom. The van der Waals surface area contributed by atoms with Crippen LogP contribution in [-0.4, -0.2) is 20.2 Å². The minimum absolute atomic E-state index is 0.188. The lowest BCUT2D eigenvalue weighted by molar-refractivity contribution is 0.432. The first-order chi connectivity index (χ1) is 9.22. The van der Waals surface area contributed by atoms with Gasteiger partial charge in [-0.15, -0.1) is 0 Å². The highest BCUT2D eigenvalue weighted by Crippen LogP contribution is 2.23. The van der Waals surface area contributed by atoms with Crippen LogP contribution in [0, 0.1) is 0 Å². The van der Waals surface area contributed by atoms with Gasteiger partial charge < -0.3 is 15.4 Å². The number of pyridine rings is 1. The Labute approximate surface area is 108 Å². The van der Waals surface area contributed by atoms with Crippen LogP contribution in [-0.2, 0) is 0 Å². The number of rotatable bonds is 2. The molecule has 0 unspecified atom stereocenters. The molecule has 6 heteroatoms. The number of aromatic nitrogens is 3. The number of aromatic hydroxyl groups is 1. The summed E-state index contributed by atoms with van der Waals surface area (Å²) in [4.78, 5) is 8.23. The van der Waals surface area contributed by atoms with Gasteiger partial charge in [-0.05, 0) is 30.3 Å². The van der Waals surface area contributed by atoms with Gasteiger partial charge in [0.2, 0.25) is 5.82 Å². The maximum atomic E-state index is 9.23. The van der Waals surface area contributed by atoms with Gasteiger partial charge >= 0.3 is 0 Å². The van der Waals surface area contributed by atoms with E-state index in [-0.39, 0.29) is 5.75 Å². The maximum absolute atomic E-state index is 9.23. The standard InChI is InChI=1S/C13H10N4O2/c14-10-5-9(6-15-7-10)13-16-12(17-19-13)8-1-3-11(18)4-2-8/h1-7,18H,14H2. The molecule has 1 aromatic carbocycles. The molecule has 0 aliphatic carbocycles. The van der Waals surface area contributed by atoms with Crippen molar-refractivity contribution in [2.75, 3.05) is 5.73 Å². The van der Waals surface area contributed by atoms with Gasteiger partial charge in [-0.25, -0.2) is 0 Å². The summed E-state index contributed by atoms with van der Waals surface area (Å²) in [5.74, 6) is 0.979. The third-order valence-corrected chi connectivity index (χ3v) is 2.56. The monoisotopic (exact) mass is 254 g/mol. The van der Waals surface area contributed by atoms with Crippen molar-refractivity contribution < 1.29 is 9.63 Å². The Balaban J connectivity index is 1.97. The van der Waals surface area contributed by atoms with E-state index in [2.05, 4.69) is 15.1 Å². The molecule has 0 saturated heterocycles. The molecule has 0 aliphatic heterocycles. The number of nitrogens with zero attached hydrogens (tertiary/aromatic N) is 3. The minimum atomic E-state index is 0.188. The van der Waals surface area contributed by atoms with Crippen molar-refractivity contribution in [3.63, 3.8) is 0 Å². The van der Waals surface area contributed by atoms with Crippen molar-refractivity contribution >= 4 is 5.69 Å². The molecule has 0 bridgehead atoms. The molecule has 94 valence electrons. The van der Waals surface area contributed by atoms with Crippen LogP contribution in [0.3, 0.4) is 0 Å². The number of phenolic OH excluding ortho intramolecular Hbond substituents is 1. The number of nitrogen functional groups attached to an aromatic ring is 1. The summed E-state index contributed by atoms with van der Waals surface area (Å²) in [5, 5.41) is 13.1. The summed E-state index contributed by atoms with van der Waals surface area (Å²) in [6.07, 6.45) is 3.14. The second-order valence-corrected chi connectivity index (χ2v) is 3.98. The topological polar surface area (TPSA) is 98.1 Å². The van der Waals surface area contributed by atoms with E-state index in [0.29, 0.717) is 23.0 Å². The summed E-state index contributed by atoms with van der Waals surface area (Å²) in [5.41, 5.74) is 7.60. The Morgan fingerprint density at radius 2 is 1.84 bits per heavy atom. The van der Waals surface area contributed by atoms with Gasteiger partial charge in [0.1, 0.15) is 5.75 Å². The second-order valence-electron chi connectivity index (χ2n) is 3.98. The number of phenols is 1. The molecule has 3 aromatic rings. The predicted octanol–water partition coefficient (Wildman–Crippen LogP) is 2.09. The zero-order chi connectivity index (χ0) is 13.2. The van der Waals surface area contributed by atoms with E-state index in [1.54, 1.807) is 42.7 Å². The highest BCUT2D eigenvalue weighted by Gasteiger charge is 2.11. The molecule has 0 amide bonds. The molecular formula is C13H10N4O2. The maximum Gasteiger partial charge on any atom is 0.259 e. The number of hydrogen-bond acceptors (Lipinski definition) is 6. The van der Waals surface area contributed by atoms with E-state index in [4.69, 9.17) is 10.3 Å². The first-order valence-corrected chi connectivity index (χ1v) is 5.56. The fraction of sp³-hybridized carbons (Fsp3) is 0. The molecule has 0 aliphatic rings. The molecule has 6 nitrogen and oxygen atoms in total. The summed E-state index contributed by atoms with van der Waals surface area (Å²) >= 11 is 0. The number of nitrogens with two attached hydrogens (primary N) is 1. The third-order valence-electron chi connectivity index (χ3n) is 2.56. The lowest BCUT2D eigenvalue weighted by atomic mass is 10.2. The van der Waals surface area contributed by atoms with E-state index < -0.39 is 0 Å². The first kappa shape index (κ1) is 11.2. The van der Waals surface area contributed by atoms with Crippen molar-refractivity contribution in [2.24, 2.45) is 0 Å². The van der Waals surface area contributed by atoms with Crippen LogP contribution in [0.15, 0.2) is 47.2 Å². The van der Waals surface area contributed by atoms with Crippen LogP contribution in [0.25, 0.3) is 22.8 Å². The Hall–Kier alpha value is -2.89. The molecule has 0 spiro atoms. The van der Waals surface area contributed by atoms with Crippen LogP contribution in [0.1, 0.15) is 0 Å². The smallest absolute Gasteiger partial charge is 0.259 e. The van der Waals surface area contributed by atoms with Crippen LogP contribution >= 0.6 is 0 Å². The SMILES string of the molecule is Nc1cncc(-c2nc(-c3ccc(O)cc3)no2)c1. The van der Waals surface area contributed by atoms with E-state index in [0.717, 1.165) is 5.56 Å². The van der Waals surface area contributed by atoms with Crippen molar-refractivity contribution in [1.82, 2.24) is 15.1 Å². The molecule has 2 aromatic heterocycles. The average Bonchev–Trinajstić information content (AvgIpc) is 2.89. The summed E-state index contributed by atoms with van der Waals surface area (Å²) in [7, 11) is 0. The van der Waals surface area contributed by atoms with Gasteiger partial charge in [-0.3, -0.25) is 4.98 Å². The molecule has 19 heavy (non-hydrogen) atoms. The highest BCUT2D eigenvalue weighted by atomic mass is 16.5. The van der Waals surface area contributed by atoms with E-state index in [1.165, 1.54) is 0 Å². The Bertz CT molecular complexity index is 707. The van der Waals surface area contributed by atoms with Crippen molar-refractivity contribution in [1.29, 1.82) is 0 Å². The average molecular weight is 254 g/mol. The normalized spacial score (nSPS) is 10.5. The van der Waals surface area contributed by atoms with Crippen molar-refractivity contribution in [3.8, 4) is 28.6 Å². The fourth-order valence-corrected chi connectivity index (χ4v) is 1.64. The summed E-state index contributed by atoms with van der Waals surface area (Å²) in [6, 6.07) is 8.26. The van der Waals surface area contributed by atoms with Gasteiger partial charge in [-0.2, -0.15) is 4.98 Å². The Morgan fingerprint density at radius 1 is 1.05 bits per heavy atom. The Kier molecular flexibility index (Phi) is 2.60. The zero-order valence-corrected chi connectivity index (χ0v) is 9.82. The van der Waals surface area contributed by atoms with Crippen molar-refractivity contribution in [2.45, 2.75) is 0 Å².